The van der Waals surface area contributed by atoms with Crippen LogP contribution in [0.2, 0.25) is 0 Å². The first-order chi connectivity index (χ1) is 49.0. The lowest BCUT2D eigenvalue weighted by molar-refractivity contribution is -0.155. The summed E-state index contributed by atoms with van der Waals surface area (Å²) in [6.07, 6.45) is -5.54. The maximum Gasteiger partial charge on any atom is 0.422 e. The number of rotatable bonds is 13. The number of benzene rings is 2. The highest BCUT2D eigenvalue weighted by Gasteiger charge is 2.50. The molecule has 10 atom stereocenters. The Morgan fingerprint density at radius 1 is 0.695 bits per heavy atom. The smallest absolute Gasteiger partial charge is 0.377 e. The standard InChI is InChI=1S/C74H106F6N12O13/c1-17-44(6)62-70(102)86(12)41-60(95)88(14)55-36-48(75)24-21-31-91(69(55)101)57(35-45-27-25-43(5)26-28-45)68(100)85(11)40-58(93)81-52(30-29-46-33-50(76)61(51(77)34-46)74(78,79)80)66(98)92-39-49(105-18-2)37-54(92)65(97)83-73(7,8)72(104)90(16)63(47-22-19-20-23-47)71(103)89(15)56(67(99)84(9)10)38-59(94)87(13)53(32-42(3)4)64(96)82-62/h24-28,33-34,42,44,47,49,52-57,62-63H,17-23,29-32,35-41H2,1-16H3,(H,81,93)(H,82,96)(H,83,97)/b48-24+/t44-,49+,52-,53-,54-,55-,56-,57-,62-,63-/m0/s1. The van der Waals surface area contributed by atoms with Crippen LogP contribution in [0.15, 0.2) is 48.3 Å². The topological polar surface area (TPSA) is 279 Å². The van der Waals surface area contributed by atoms with Crippen LogP contribution >= 0.6 is 0 Å². The molecule has 582 valence electrons. The summed E-state index contributed by atoms with van der Waals surface area (Å²) in [6, 6.07) is -4.09. The molecule has 0 spiro atoms. The Labute approximate surface area is 611 Å². The monoisotopic (exact) mass is 1480 g/mol. The lowest BCUT2D eigenvalue weighted by Crippen LogP contribution is -2.64. The minimum Gasteiger partial charge on any atom is -0.377 e. The summed E-state index contributed by atoms with van der Waals surface area (Å²) in [5, 5.41) is 8.15. The van der Waals surface area contributed by atoms with E-state index in [9.17, 15) is 41.9 Å². The normalized spacial score (nSPS) is 26.1. The van der Waals surface area contributed by atoms with Crippen LogP contribution in [0, 0.1) is 36.3 Å². The third-order valence-electron chi connectivity index (χ3n) is 20.6. The first kappa shape index (κ1) is 85.3. The van der Waals surface area contributed by atoms with Gasteiger partial charge in [0.15, 0.2) is 0 Å². The number of carbonyl (C=O) groups excluding carboxylic acids is 12. The fraction of sp³-hybridized carbons (Fsp3) is 0.649. The molecule has 12 amide bonds. The average molecular weight is 1490 g/mol. The van der Waals surface area contributed by atoms with Gasteiger partial charge in [0, 0.05) is 95.3 Å². The van der Waals surface area contributed by atoms with Gasteiger partial charge in [-0.05, 0) is 107 Å². The van der Waals surface area contributed by atoms with Gasteiger partial charge >= 0.3 is 6.18 Å². The number of hydrogen-bond donors (Lipinski definition) is 3. The minimum atomic E-state index is -5.43. The average Bonchev–Trinajstić information content (AvgIpc) is 1.78. The molecule has 4 aliphatic rings. The molecule has 3 heterocycles. The number of carbonyl (C=O) groups is 12. The van der Waals surface area contributed by atoms with E-state index in [1.54, 1.807) is 58.9 Å². The molecule has 105 heavy (non-hydrogen) atoms. The van der Waals surface area contributed by atoms with Crippen LogP contribution in [-0.4, -0.2) is 264 Å². The number of nitrogens with one attached hydrogen (secondary N) is 3. The molecule has 25 nitrogen and oxygen atoms in total. The van der Waals surface area contributed by atoms with Crippen LogP contribution in [0.4, 0.5) is 26.3 Å². The quantitative estimate of drug-likeness (QED) is 0.218. The van der Waals surface area contributed by atoms with Crippen molar-refractivity contribution in [1.82, 2.24) is 60.0 Å². The second kappa shape index (κ2) is 36.6. The molecule has 1 aliphatic carbocycles. The van der Waals surface area contributed by atoms with Gasteiger partial charge in [-0.2, -0.15) is 13.2 Å². The SMILES string of the molecule is CCO[C@@H]1C[C@H]2C(=O)NC(C)(C)C(=O)N(C)[C@@H](C3CCCC3)C(=O)N(C)[C@H](C(=O)N(C)C)CC(=O)N(C)[C@@H](CC(C)C)C(=O)N[C@@H]([C@@H](C)CC)C(=O)N(C)CC(=O)N(C)[C@H]3C/C(F)=C\CCN(C3=O)[C@@H](Cc3ccc(C)cc3)C(=O)N(C)CC(=O)N[C@@H](CCc3cc(F)c(C(F)(F)F)c(F)c3)C(=O)N2C1. The van der Waals surface area contributed by atoms with Crippen LogP contribution in [0.25, 0.3) is 0 Å². The van der Waals surface area contributed by atoms with Crippen molar-refractivity contribution in [3.63, 3.8) is 0 Å². The fourth-order valence-electron chi connectivity index (χ4n) is 14.3. The predicted molar refractivity (Wildman–Crippen MR) is 376 cm³/mol. The molecule has 2 aromatic rings. The highest BCUT2D eigenvalue weighted by Crippen LogP contribution is 2.36. The zero-order chi connectivity index (χ0) is 78.6. The van der Waals surface area contributed by atoms with Gasteiger partial charge in [0.05, 0.1) is 31.4 Å². The number of fused-ring (bicyclic) bond motifs is 3. The molecule has 2 aromatic carbocycles. The van der Waals surface area contributed by atoms with E-state index in [4.69, 9.17) is 4.74 Å². The van der Waals surface area contributed by atoms with Crippen molar-refractivity contribution in [2.45, 2.75) is 205 Å². The first-order valence-electron chi connectivity index (χ1n) is 35.9. The van der Waals surface area contributed by atoms with E-state index in [0.29, 0.717) is 49.8 Å². The van der Waals surface area contributed by atoms with E-state index in [-0.39, 0.29) is 56.9 Å². The van der Waals surface area contributed by atoms with E-state index in [1.807, 2.05) is 6.92 Å². The minimum absolute atomic E-state index is 0.0447. The molecule has 6 rings (SSSR count). The maximum absolute atomic E-state index is 15.9. The first-order valence-corrected chi connectivity index (χ1v) is 35.9. The molecule has 0 aromatic heterocycles. The Bertz CT molecular complexity index is 3530. The van der Waals surface area contributed by atoms with Gasteiger partial charge in [0.1, 0.15) is 71.1 Å². The van der Waals surface area contributed by atoms with Crippen molar-refractivity contribution in [2.75, 3.05) is 89.2 Å². The molecule has 0 radical (unpaired) electrons. The van der Waals surface area contributed by atoms with E-state index < -0.39 is 211 Å². The van der Waals surface area contributed by atoms with Crippen molar-refractivity contribution in [3.05, 3.63) is 82.2 Å². The number of hydrogen-bond acceptors (Lipinski definition) is 13. The van der Waals surface area contributed by atoms with Crippen LogP contribution in [0.5, 0.6) is 0 Å². The highest BCUT2D eigenvalue weighted by molar-refractivity contribution is 6.00. The summed E-state index contributed by atoms with van der Waals surface area (Å²) < 4.78 is 93.7. The van der Waals surface area contributed by atoms with Gasteiger partial charge < -0.3 is 64.8 Å². The van der Waals surface area contributed by atoms with Crippen molar-refractivity contribution in [1.29, 1.82) is 0 Å². The Balaban J connectivity index is 1.50. The predicted octanol–water partition coefficient (Wildman–Crippen LogP) is 5.18. The summed E-state index contributed by atoms with van der Waals surface area (Å²) in [5.74, 6) is -16.2. The lowest BCUT2D eigenvalue weighted by Gasteiger charge is -2.41. The van der Waals surface area contributed by atoms with Gasteiger partial charge in [-0.3, -0.25) is 57.5 Å². The molecule has 1 saturated carbocycles. The second-order valence-electron chi connectivity index (χ2n) is 29.6. The highest BCUT2D eigenvalue weighted by atomic mass is 19.4. The number of amides is 12. The van der Waals surface area contributed by atoms with Crippen molar-refractivity contribution < 1.29 is 88.6 Å². The van der Waals surface area contributed by atoms with Crippen molar-refractivity contribution >= 4 is 70.9 Å². The Kier molecular flexibility index (Phi) is 29.7. The Morgan fingerprint density at radius 3 is 1.88 bits per heavy atom. The largest absolute Gasteiger partial charge is 0.422 e. The van der Waals surface area contributed by atoms with E-state index in [2.05, 4.69) is 16.0 Å². The Hall–Kier alpha value is -8.64. The third kappa shape index (κ3) is 21.3. The Morgan fingerprint density at radius 2 is 1.30 bits per heavy atom. The van der Waals surface area contributed by atoms with E-state index in [0.717, 1.165) is 35.0 Å². The summed E-state index contributed by atoms with van der Waals surface area (Å²) >= 11 is 0. The van der Waals surface area contributed by atoms with Crippen LogP contribution in [-0.2, 0) is 81.3 Å². The second-order valence-corrected chi connectivity index (χ2v) is 29.6. The third-order valence-corrected chi connectivity index (χ3v) is 20.6. The molecule has 31 heteroatoms. The summed E-state index contributed by atoms with van der Waals surface area (Å²) in [5.41, 5.74) is -3.09. The number of ether oxygens (including phenoxy) is 1. The molecule has 3 aliphatic heterocycles. The van der Waals surface area contributed by atoms with Gasteiger partial charge in [0.2, 0.25) is 70.9 Å². The van der Waals surface area contributed by atoms with Gasteiger partial charge in [-0.15, -0.1) is 0 Å². The van der Waals surface area contributed by atoms with Gasteiger partial charge in [0.25, 0.3) is 0 Å². The summed E-state index contributed by atoms with van der Waals surface area (Å²) in [7, 11) is 10.6. The molecular formula is C74H106F6N12O13. The molecule has 3 fully saturated rings. The number of halogens is 6. The number of aryl methyl sites for hydroxylation is 2. The lowest BCUT2D eigenvalue weighted by atomic mass is 9.92. The van der Waals surface area contributed by atoms with Crippen LogP contribution in [0.3, 0.4) is 0 Å². The van der Waals surface area contributed by atoms with Crippen LogP contribution in [0.1, 0.15) is 141 Å². The van der Waals surface area contributed by atoms with E-state index in [1.165, 1.54) is 91.0 Å². The maximum atomic E-state index is 15.9. The van der Waals surface area contributed by atoms with Gasteiger partial charge in [-0.1, -0.05) is 82.9 Å². The number of nitrogens with zero attached hydrogens (tertiary/aromatic N) is 9. The van der Waals surface area contributed by atoms with Gasteiger partial charge in [-0.25, -0.2) is 13.2 Å². The van der Waals surface area contributed by atoms with Crippen molar-refractivity contribution in [3.8, 4) is 0 Å². The summed E-state index contributed by atoms with van der Waals surface area (Å²) in [4.78, 5) is 189. The summed E-state index contributed by atoms with van der Waals surface area (Å²) in [6.45, 7) is 11.1. The molecule has 0 unspecified atom stereocenters. The van der Waals surface area contributed by atoms with Crippen LogP contribution < -0.4 is 16.0 Å². The molecule has 2 saturated heterocycles. The number of alkyl halides is 3. The molecule has 3 N–H and O–H groups in total. The fourth-order valence-corrected chi connectivity index (χ4v) is 14.3. The molecule has 2 bridgehead atoms. The van der Waals surface area contributed by atoms with E-state index >= 15 is 41.9 Å². The zero-order valence-corrected chi connectivity index (χ0v) is 63.3. The number of likely N-dealkylation sites (N-methyl/N-ethyl adjacent to an activating group) is 7. The molecular weight excluding hydrogens is 1380 g/mol. The van der Waals surface area contributed by atoms with Crippen molar-refractivity contribution in [2.24, 2.45) is 17.8 Å². The zero-order valence-electron chi connectivity index (χ0n) is 63.3.